The summed E-state index contributed by atoms with van der Waals surface area (Å²) in [5.41, 5.74) is 5.17. The highest BCUT2D eigenvalue weighted by atomic mass is 16.4. The van der Waals surface area contributed by atoms with E-state index in [0.717, 1.165) is 12.8 Å². The van der Waals surface area contributed by atoms with Crippen LogP contribution in [0.15, 0.2) is 0 Å². The molecule has 0 amide bonds. The maximum Gasteiger partial charge on any atom is 0.311 e. The van der Waals surface area contributed by atoms with Gasteiger partial charge >= 0.3 is 5.97 Å². The van der Waals surface area contributed by atoms with Crippen LogP contribution in [0, 0.1) is 16.7 Å². The summed E-state index contributed by atoms with van der Waals surface area (Å²) in [4.78, 5) is 11.4. The highest BCUT2D eigenvalue weighted by Crippen LogP contribution is 2.73. The molecule has 0 aromatic carbocycles. The normalized spacial score (nSPS) is 38.7. The van der Waals surface area contributed by atoms with Crippen LogP contribution < -0.4 is 5.73 Å². The highest BCUT2D eigenvalue weighted by Gasteiger charge is 2.76. The van der Waals surface area contributed by atoms with E-state index in [2.05, 4.69) is 6.92 Å². The number of hydrogen-bond donors (Lipinski definition) is 2. The van der Waals surface area contributed by atoms with Gasteiger partial charge in [-0.25, -0.2) is 0 Å². The van der Waals surface area contributed by atoms with Crippen LogP contribution in [-0.2, 0) is 4.79 Å². The number of carboxylic acids is 1. The Hall–Kier alpha value is -0.570. The average Bonchev–Trinajstić information content (AvgIpc) is 2.82. The molecule has 2 aliphatic rings. The maximum atomic E-state index is 11.4. The molecule has 0 heterocycles. The molecule has 2 fully saturated rings. The third kappa shape index (κ3) is 1.19. The lowest BCUT2D eigenvalue weighted by molar-refractivity contribution is -0.145. The zero-order valence-electron chi connectivity index (χ0n) is 9.46. The first-order valence-corrected chi connectivity index (χ1v) is 6.05. The van der Waals surface area contributed by atoms with E-state index in [0.29, 0.717) is 6.54 Å². The molecule has 2 unspecified atom stereocenters. The molecule has 0 aromatic rings. The van der Waals surface area contributed by atoms with Gasteiger partial charge in [-0.3, -0.25) is 4.79 Å². The van der Waals surface area contributed by atoms with E-state index in [1.807, 2.05) is 0 Å². The first-order valence-electron chi connectivity index (χ1n) is 6.05. The largest absolute Gasteiger partial charge is 0.481 e. The zero-order chi connectivity index (χ0) is 11.1. The Labute approximate surface area is 91.0 Å². The molecule has 3 N–H and O–H groups in total. The summed E-state index contributed by atoms with van der Waals surface area (Å²) in [5, 5.41) is 9.40. The van der Waals surface area contributed by atoms with Crippen molar-refractivity contribution in [3.63, 3.8) is 0 Å². The van der Waals surface area contributed by atoms with Crippen molar-refractivity contribution >= 4 is 5.97 Å². The molecule has 3 heteroatoms. The molecule has 2 aliphatic carbocycles. The van der Waals surface area contributed by atoms with Crippen LogP contribution in [0.1, 0.15) is 45.4 Å². The maximum absolute atomic E-state index is 11.4. The van der Waals surface area contributed by atoms with Gasteiger partial charge in [0.1, 0.15) is 0 Å². The van der Waals surface area contributed by atoms with E-state index in [-0.39, 0.29) is 11.3 Å². The molecule has 0 bridgehead atoms. The second-order valence-corrected chi connectivity index (χ2v) is 5.27. The van der Waals surface area contributed by atoms with Crippen molar-refractivity contribution in [2.45, 2.75) is 45.4 Å². The molecule has 0 aliphatic heterocycles. The van der Waals surface area contributed by atoms with Crippen molar-refractivity contribution in [2.75, 3.05) is 6.54 Å². The Morgan fingerprint density at radius 3 is 2.20 bits per heavy atom. The summed E-state index contributed by atoms with van der Waals surface area (Å²) in [7, 11) is 0. The molecule has 2 saturated carbocycles. The molecule has 3 nitrogen and oxygen atoms in total. The first kappa shape index (κ1) is 10.9. The fourth-order valence-electron chi connectivity index (χ4n) is 4.00. The van der Waals surface area contributed by atoms with E-state index >= 15 is 0 Å². The van der Waals surface area contributed by atoms with Crippen molar-refractivity contribution in [3.05, 3.63) is 0 Å². The van der Waals surface area contributed by atoms with Gasteiger partial charge in [0, 0.05) is 6.54 Å². The smallest absolute Gasteiger partial charge is 0.311 e. The van der Waals surface area contributed by atoms with Crippen molar-refractivity contribution in [3.8, 4) is 0 Å². The Kier molecular flexibility index (Phi) is 2.53. The quantitative estimate of drug-likeness (QED) is 0.734. The minimum atomic E-state index is -0.667. The van der Waals surface area contributed by atoms with Gasteiger partial charge < -0.3 is 10.8 Å². The third-order valence-corrected chi connectivity index (χ3v) is 5.07. The van der Waals surface area contributed by atoms with Crippen LogP contribution in [0.25, 0.3) is 0 Å². The molecule has 0 radical (unpaired) electrons. The van der Waals surface area contributed by atoms with E-state index in [1.165, 1.54) is 25.7 Å². The lowest BCUT2D eigenvalue weighted by Gasteiger charge is -2.19. The standard InChI is InChI=1S/C12H21NO2/c1-9-11(6-4-2-3-5-7-11)12(9,8-13)10(14)15/h9H,2-8,13H2,1H3,(H,14,15). The summed E-state index contributed by atoms with van der Waals surface area (Å²) in [6.45, 7) is 2.38. The third-order valence-electron chi connectivity index (χ3n) is 5.07. The van der Waals surface area contributed by atoms with Gasteiger partial charge in [0.15, 0.2) is 0 Å². The number of carbonyl (C=O) groups is 1. The molecule has 86 valence electrons. The molecular weight excluding hydrogens is 190 g/mol. The van der Waals surface area contributed by atoms with Crippen molar-refractivity contribution in [2.24, 2.45) is 22.5 Å². The van der Waals surface area contributed by atoms with Crippen molar-refractivity contribution in [1.29, 1.82) is 0 Å². The predicted molar refractivity (Wildman–Crippen MR) is 58.4 cm³/mol. The number of hydrogen-bond acceptors (Lipinski definition) is 2. The van der Waals surface area contributed by atoms with Crippen LogP contribution >= 0.6 is 0 Å². The number of nitrogens with two attached hydrogens (primary N) is 1. The van der Waals surface area contributed by atoms with E-state index in [4.69, 9.17) is 5.73 Å². The van der Waals surface area contributed by atoms with E-state index in [9.17, 15) is 9.90 Å². The monoisotopic (exact) mass is 211 g/mol. The topological polar surface area (TPSA) is 63.3 Å². The zero-order valence-corrected chi connectivity index (χ0v) is 9.46. The molecular formula is C12H21NO2. The lowest BCUT2D eigenvalue weighted by atomic mass is 9.86. The van der Waals surface area contributed by atoms with Gasteiger partial charge in [-0.1, -0.05) is 32.6 Å². The summed E-state index contributed by atoms with van der Waals surface area (Å²) in [6.07, 6.45) is 7.01. The molecule has 1 spiro atoms. The summed E-state index contributed by atoms with van der Waals surface area (Å²) < 4.78 is 0. The Balaban J connectivity index is 2.25. The predicted octanol–water partition coefficient (Wildman–Crippen LogP) is 2.01. The van der Waals surface area contributed by atoms with Gasteiger partial charge in [-0.15, -0.1) is 0 Å². The second-order valence-electron chi connectivity index (χ2n) is 5.27. The highest BCUT2D eigenvalue weighted by molar-refractivity contribution is 5.81. The van der Waals surface area contributed by atoms with Crippen LogP contribution in [0.5, 0.6) is 0 Å². The van der Waals surface area contributed by atoms with Crippen LogP contribution in [0.3, 0.4) is 0 Å². The van der Waals surface area contributed by atoms with Gasteiger partial charge in [0.2, 0.25) is 0 Å². The minimum Gasteiger partial charge on any atom is -0.481 e. The summed E-state index contributed by atoms with van der Waals surface area (Å²) in [5.74, 6) is -0.398. The molecule has 2 atom stereocenters. The fourth-order valence-corrected chi connectivity index (χ4v) is 4.00. The first-order chi connectivity index (χ1) is 7.12. The summed E-state index contributed by atoms with van der Waals surface area (Å²) >= 11 is 0. The van der Waals surface area contributed by atoms with E-state index < -0.39 is 11.4 Å². The average molecular weight is 211 g/mol. The van der Waals surface area contributed by atoms with Crippen LogP contribution in [0.2, 0.25) is 0 Å². The lowest BCUT2D eigenvalue weighted by Crippen LogP contribution is -2.32. The Morgan fingerprint density at radius 1 is 1.33 bits per heavy atom. The Morgan fingerprint density at radius 2 is 1.87 bits per heavy atom. The number of aliphatic carboxylic acids is 1. The van der Waals surface area contributed by atoms with Gasteiger partial charge in [-0.2, -0.15) is 0 Å². The van der Waals surface area contributed by atoms with Crippen molar-refractivity contribution < 1.29 is 9.90 Å². The van der Waals surface area contributed by atoms with Gasteiger partial charge in [0.05, 0.1) is 5.41 Å². The van der Waals surface area contributed by atoms with Crippen LogP contribution in [-0.4, -0.2) is 17.6 Å². The Bertz CT molecular complexity index is 269. The van der Waals surface area contributed by atoms with Crippen LogP contribution in [0.4, 0.5) is 0 Å². The van der Waals surface area contributed by atoms with E-state index in [1.54, 1.807) is 0 Å². The molecule has 15 heavy (non-hydrogen) atoms. The SMILES string of the molecule is CC1C2(CCCCCC2)C1(CN)C(=O)O. The second kappa shape index (κ2) is 3.48. The fraction of sp³-hybridized carbons (Fsp3) is 0.917. The molecule has 2 rings (SSSR count). The van der Waals surface area contributed by atoms with Gasteiger partial charge in [-0.05, 0) is 24.2 Å². The minimum absolute atomic E-state index is 0.0318. The van der Waals surface area contributed by atoms with Crippen molar-refractivity contribution in [1.82, 2.24) is 0 Å². The molecule has 0 saturated heterocycles. The number of rotatable bonds is 2. The van der Waals surface area contributed by atoms with Gasteiger partial charge in [0.25, 0.3) is 0 Å². The summed E-state index contributed by atoms with van der Waals surface area (Å²) in [6, 6.07) is 0. The number of carboxylic acid groups (broad SMARTS) is 1. The molecule has 0 aromatic heterocycles.